The molecule has 2 rings (SSSR count). The largest absolute Gasteiger partial charge is 0.323 e. The first-order valence-electron chi connectivity index (χ1n) is 3.77. The van der Waals surface area contributed by atoms with E-state index < -0.39 is 0 Å². The molecule has 11 heavy (non-hydrogen) atoms. The number of nitrogens with zero attached hydrogens (tertiary/aromatic N) is 1. The molecule has 2 heteroatoms. The first-order valence-corrected chi connectivity index (χ1v) is 3.77. The highest BCUT2D eigenvalue weighted by Gasteiger charge is 2.15. The van der Waals surface area contributed by atoms with E-state index in [1.807, 2.05) is 6.07 Å². The molecule has 0 atom stereocenters. The van der Waals surface area contributed by atoms with Gasteiger partial charge in [0.25, 0.3) is 0 Å². The number of hydrazone groups is 1. The van der Waals surface area contributed by atoms with Gasteiger partial charge in [-0.1, -0.05) is 24.3 Å². The van der Waals surface area contributed by atoms with E-state index in [0.29, 0.717) is 0 Å². The van der Waals surface area contributed by atoms with Gasteiger partial charge < -0.3 is 5.84 Å². The Bertz CT molecular complexity index is 302. The molecule has 2 N–H and O–H groups in total. The summed E-state index contributed by atoms with van der Waals surface area (Å²) in [6.07, 6.45) is 2.09. The average molecular weight is 146 g/mol. The Morgan fingerprint density at radius 1 is 1.18 bits per heavy atom. The summed E-state index contributed by atoms with van der Waals surface area (Å²) in [6, 6.07) is 8.29. The van der Waals surface area contributed by atoms with E-state index in [1.165, 1.54) is 11.1 Å². The molecular weight excluding hydrogens is 136 g/mol. The van der Waals surface area contributed by atoms with Gasteiger partial charge in [-0.3, -0.25) is 0 Å². The van der Waals surface area contributed by atoms with Gasteiger partial charge in [-0.05, 0) is 18.4 Å². The summed E-state index contributed by atoms with van der Waals surface area (Å²) in [5.74, 6) is 5.24. The van der Waals surface area contributed by atoms with Crippen molar-refractivity contribution in [1.29, 1.82) is 0 Å². The van der Waals surface area contributed by atoms with Crippen LogP contribution >= 0.6 is 0 Å². The Morgan fingerprint density at radius 2 is 2.00 bits per heavy atom. The maximum absolute atomic E-state index is 5.24. The standard InChI is InChI=1S/C9H10N2/c10-11-9-6-5-7-3-1-2-4-8(7)9/h1-4H,5-6,10H2/b11-9+. The molecule has 0 aliphatic heterocycles. The minimum Gasteiger partial charge on any atom is -0.323 e. The van der Waals surface area contributed by atoms with Crippen molar-refractivity contribution in [3.05, 3.63) is 35.4 Å². The molecule has 0 heterocycles. The third-order valence-electron chi connectivity index (χ3n) is 2.12. The van der Waals surface area contributed by atoms with Gasteiger partial charge >= 0.3 is 0 Å². The van der Waals surface area contributed by atoms with Crippen LogP contribution < -0.4 is 5.84 Å². The monoisotopic (exact) mass is 146 g/mol. The fourth-order valence-corrected chi connectivity index (χ4v) is 1.54. The molecular formula is C9H10N2. The van der Waals surface area contributed by atoms with Gasteiger partial charge in [0.05, 0.1) is 5.71 Å². The zero-order valence-electron chi connectivity index (χ0n) is 6.25. The lowest BCUT2D eigenvalue weighted by molar-refractivity contribution is 1.08. The molecule has 0 bridgehead atoms. The van der Waals surface area contributed by atoms with Crippen molar-refractivity contribution in [3.8, 4) is 0 Å². The zero-order chi connectivity index (χ0) is 7.68. The number of rotatable bonds is 0. The number of fused-ring (bicyclic) bond motifs is 1. The molecule has 2 nitrogen and oxygen atoms in total. The summed E-state index contributed by atoms with van der Waals surface area (Å²) in [4.78, 5) is 0. The lowest BCUT2D eigenvalue weighted by Gasteiger charge is -1.95. The van der Waals surface area contributed by atoms with Gasteiger partial charge in [0, 0.05) is 5.56 Å². The van der Waals surface area contributed by atoms with Crippen LogP contribution in [0.2, 0.25) is 0 Å². The normalized spacial score (nSPS) is 18.7. The van der Waals surface area contributed by atoms with Crippen molar-refractivity contribution in [2.45, 2.75) is 12.8 Å². The minimum atomic E-state index is 0.996. The lowest BCUT2D eigenvalue weighted by Crippen LogP contribution is -1.97. The van der Waals surface area contributed by atoms with Gasteiger partial charge in [0.1, 0.15) is 0 Å². The van der Waals surface area contributed by atoms with Crippen LogP contribution in [-0.4, -0.2) is 5.71 Å². The second kappa shape index (κ2) is 2.38. The molecule has 0 aromatic heterocycles. The van der Waals surface area contributed by atoms with Crippen LogP contribution in [0.1, 0.15) is 17.5 Å². The quantitative estimate of drug-likeness (QED) is 0.434. The molecule has 0 unspecified atom stereocenters. The van der Waals surface area contributed by atoms with E-state index in [4.69, 9.17) is 5.84 Å². The Hall–Kier alpha value is -1.31. The average Bonchev–Trinajstić information content (AvgIpc) is 2.47. The maximum atomic E-state index is 5.24. The summed E-state index contributed by atoms with van der Waals surface area (Å²) in [6.45, 7) is 0. The van der Waals surface area contributed by atoms with Crippen molar-refractivity contribution in [3.63, 3.8) is 0 Å². The third-order valence-corrected chi connectivity index (χ3v) is 2.12. The second-order valence-corrected chi connectivity index (χ2v) is 2.73. The van der Waals surface area contributed by atoms with E-state index >= 15 is 0 Å². The number of hydrogen-bond donors (Lipinski definition) is 1. The fourth-order valence-electron chi connectivity index (χ4n) is 1.54. The molecule has 0 amide bonds. The predicted octanol–water partition coefficient (Wildman–Crippen LogP) is 1.30. The van der Waals surface area contributed by atoms with Gasteiger partial charge in [0.15, 0.2) is 0 Å². The Morgan fingerprint density at radius 3 is 2.82 bits per heavy atom. The smallest absolute Gasteiger partial charge is 0.0678 e. The Balaban J connectivity index is 2.55. The van der Waals surface area contributed by atoms with Gasteiger partial charge in [-0.2, -0.15) is 5.10 Å². The van der Waals surface area contributed by atoms with E-state index in [0.717, 1.165) is 18.6 Å². The van der Waals surface area contributed by atoms with E-state index in [-0.39, 0.29) is 0 Å². The maximum Gasteiger partial charge on any atom is 0.0678 e. The van der Waals surface area contributed by atoms with Crippen LogP contribution in [0, 0.1) is 0 Å². The van der Waals surface area contributed by atoms with Crippen LogP contribution in [-0.2, 0) is 6.42 Å². The molecule has 0 spiro atoms. The Kier molecular flexibility index (Phi) is 1.39. The van der Waals surface area contributed by atoms with Crippen LogP contribution in [0.15, 0.2) is 29.4 Å². The third kappa shape index (κ3) is 0.909. The molecule has 0 radical (unpaired) electrons. The highest BCUT2D eigenvalue weighted by atomic mass is 15.1. The van der Waals surface area contributed by atoms with Crippen molar-refractivity contribution >= 4 is 5.71 Å². The van der Waals surface area contributed by atoms with Crippen molar-refractivity contribution in [2.24, 2.45) is 10.9 Å². The molecule has 56 valence electrons. The molecule has 0 fully saturated rings. The van der Waals surface area contributed by atoms with Gasteiger partial charge in [-0.15, -0.1) is 0 Å². The summed E-state index contributed by atoms with van der Waals surface area (Å²) in [5, 5.41) is 3.75. The van der Waals surface area contributed by atoms with Crippen molar-refractivity contribution < 1.29 is 0 Å². The summed E-state index contributed by atoms with van der Waals surface area (Å²) in [7, 11) is 0. The first kappa shape index (κ1) is 6.40. The van der Waals surface area contributed by atoms with Crippen LogP contribution in [0.3, 0.4) is 0 Å². The summed E-state index contributed by atoms with van der Waals surface area (Å²) in [5.41, 5.74) is 3.65. The molecule has 1 aromatic rings. The lowest BCUT2D eigenvalue weighted by atomic mass is 10.1. The highest BCUT2D eigenvalue weighted by Crippen LogP contribution is 2.21. The topological polar surface area (TPSA) is 38.4 Å². The molecule has 0 saturated carbocycles. The van der Waals surface area contributed by atoms with Crippen molar-refractivity contribution in [2.75, 3.05) is 0 Å². The van der Waals surface area contributed by atoms with Crippen molar-refractivity contribution in [1.82, 2.24) is 0 Å². The van der Waals surface area contributed by atoms with Crippen LogP contribution in [0.5, 0.6) is 0 Å². The number of benzene rings is 1. The molecule has 1 aliphatic carbocycles. The number of nitrogens with two attached hydrogens (primary N) is 1. The van der Waals surface area contributed by atoms with Gasteiger partial charge in [0.2, 0.25) is 0 Å². The number of hydrogen-bond acceptors (Lipinski definition) is 2. The molecule has 1 aliphatic rings. The second-order valence-electron chi connectivity index (χ2n) is 2.73. The summed E-state index contributed by atoms with van der Waals surface area (Å²) >= 11 is 0. The van der Waals surface area contributed by atoms with E-state index in [9.17, 15) is 0 Å². The van der Waals surface area contributed by atoms with Gasteiger partial charge in [-0.25, -0.2) is 0 Å². The predicted molar refractivity (Wildman–Crippen MR) is 45.5 cm³/mol. The zero-order valence-corrected chi connectivity index (χ0v) is 6.25. The SMILES string of the molecule is N/N=C1\CCc2ccccc21. The first-order chi connectivity index (χ1) is 5.42. The molecule has 1 aromatic carbocycles. The molecule has 0 saturated heterocycles. The highest BCUT2D eigenvalue weighted by molar-refractivity contribution is 6.04. The van der Waals surface area contributed by atoms with E-state index in [1.54, 1.807) is 0 Å². The van der Waals surface area contributed by atoms with E-state index in [2.05, 4.69) is 23.3 Å². The number of aryl methyl sites for hydroxylation is 1. The minimum absolute atomic E-state index is 0.996. The van der Waals surface area contributed by atoms with Crippen LogP contribution in [0.4, 0.5) is 0 Å². The fraction of sp³-hybridized carbons (Fsp3) is 0.222. The summed E-state index contributed by atoms with van der Waals surface area (Å²) < 4.78 is 0. The van der Waals surface area contributed by atoms with Crippen LogP contribution in [0.25, 0.3) is 0 Å². The Labute approximate surface area is 65.7 Å².